The Morgan fingerprint density at radius 2 is 1.83 bits per heavy atom. The van der Waals surface area contributed by atoms with Crippen LogP contribution in [0.25, 0.3) is 10.8 Å². The zero-order chi connectivity index (χ0) is 16.6. The average Bonchev–Trinajstić information content (AvgIpc) is 2.75. The van der Waals surface area contributed by atoms with Crippen LogP contribution in [0.3, 0.4) is 0 Å². The Balaban J connectivity index is 2.03. The molecule has 1 fully saturated rings. The van der Waals surface area contributed by atoms with E-state index in [1.807, 2.05) is 42.5 Å². The van der Waals surface area contributed by atoms with Crippen molar-refractivity contribution in [2.24, 2.45) is 0 Å². The van der Waals surface area contributed by atoms with Crippen LogP contribution in [-0.4, -0.2) is 29.2 Å². The minimum absolute atomic E-state index is 0.0515. The van der Waals surface area contributed by atoms with E-state index in [4.69, 9.17) is 0 Å². The highest BCUT2D eigenvalue weighted by Crippen LogP contribution is 2.33. The number of hydrogen-bond acceptors (Lipinski definition) is 3. The van der Waals surface area contributed by atoms with Gasteiger partial charge in [0.15, 0.2) is 0 Å². The van der Waals surface area contributed by atoms with Gasteiger partial charge in [0.05, 0.1) is 0 Å². The maximum absolute atomic E-state index is 12.8. The summed E-state index contributed by atoms with van der Waals surface area (Å²) in [5.41, 5.74) is -0.353. The maximum Gasteiger partial charge on any atom is 0.325 e. The minimum atomic E-state index is -1.12. The summed E-state index contributed by atoms with van der Waals surface area (Å²) < 4.78 is 0. The molecule has 2 aromatic carbocycles. The molecule has 0 saturated carbocycles. The Morgan fingerprint density at radius 1 is 1.13 bits per heavy atom. The molecule has 3 amide bonds. The summed E-state index contributed by atoms with van der Waals surface area (Å²) >= 11 is 0. The van der Waals surface area contributed by atoms with Gasteiger partial charge in [-0.05, 0) is 30.2 Å². The van der Waals surface area contributed by atoms with Crippen molar-refractivity contribution in [2.75, 3.05) is 6.54 Å². The number of ketones is 1. The summed E-state index contributed by atoms with van der Waals surface area (Å²) in [5, 5.41) is 4.73. The second kappa shape index (κ2) is 5.50. The van der Waals surface area contributed by atoms with Crippen molar-refractivity contribution in [3.63, 3.8) is 0 Å². The van der Waals surface area contributed by atoms with Crippen molar-refractivity contribution < 1.29 is 14.4 Å². The summed E-state index contributed by atoms with van der Waals surface area (Å²) in [7, 11) is 0. The Labute approximate surface area is 134 Å². The summed E-state index contributed by atoms with van der Waals surface area (Å²) in [4.78, 5) is 37.3. The molecular formula is C18H18N2O3. The fraction of sp³-hybridized carbons (Fsp3) is 0.278. The van der Waals surface area contributed by atoms with Gasteiger partial charge in [0.2, 0.25) is 0 Å². The van der Waals surface area contributed by atoms with Gasteiger partial charge in [-0.25, -0.2) is 4.79 Å². The summed E-state index contributed by atoms with van der Waals surface area (Å²) in [6.07, 6.45) is 0.171. The number of imide groups is 1. The van der Waals surface area contributed by atoms with E-state index >= 15 is 0 Å². The van der Waals surface area contributed by atoms with Gasteiger partial charge >= 0.3 is 6.03 Å². The first-order chi connectivity index (χ1) is 10.9. The van der Waals surface area contributed by atoms with Crippen LogP contribution < -0.4 is 5.32 Å². The molecule has 0 radical (unpaired) electrons. The molecule has 2 aromatic rings. The highest BCUT2D eigenvalue weighted by atomic mass is 16.2. The van der Waals surface area contributed by atoms with E-state index in [0.29, 0.717) is 0 Å². The van der Waals surface area contributed by atoms with Gasteiger partial charge in [0, 0.05) is 13.0 Å². The minimum Gasteiger partial charge on any atom is -0.319 e. The number of nitrogens with zero attached hydrogens (tertiary/aromatic N) is 1. The topological polar surface area (TPSA) is 66.5 Å². The fourth-order valence-corrected chi connectivity index (χ4v) is 3.01. The molecule has 0 spiro atoms. The molecule has 23 heavy (non-hydrogen) atoms. The molecule has 5 heteroatoms. The number of benzene rings is 2. The predicted octanol–water partition coefficient (Wildman–Crippen LogP) is 2.59. The molecule has 1 saturated heterocycles. The largest absolute Gasteiger partial charge is 0.325 e. The molecular weight excluding hydrogens is 292 g/mol. The van der Waals surface area contributed by atoms with Gasteiger partial charge < -0.3 is 5.32 Å². The van der Waals surface area contributed by atoms with Crippen molar-refractivity contribution in [1.29, 1.82) is 0 Å². The summed E-state index contributed by atoms with van der Waals surface area (Å²) in [5.74, 6) is -0.371. The third-order valence-electron chi connectivity index (χ3n) is 4.29. The molecule has 0 bridgehead atoms. The van der Waals surface area contributed by atoms with Crippen LogP contribution >= 0.6 is 0 Å². The molecule has 0 aliphatic carbocycles. The molecule has 1 aliphatic heterocycles. The molecule has 5 nitrogen and oxygen atoms in total. The van der Waals surface area contributed by atoms with Gasteiger partial charge in [-0.3, -0.25) is 14.5 Å². The molecule has 3 rings (SSSR count). The monoisotopic (exact) mass is 310 g/mol. The molecule has 118 valence electrons. The highest BCUT2D eigenvalue weighted by molar-refractivity contribution is 6.09. The molecule has 1 atom stereocenters. The number of hydrogen-bond donors (Lipinski definition) is 1. The van der Waals surface area contributed by atoms with E-state index in [9.17, 15) is 14.4 Å². The number of carbonyl (C=O) groups is 3. The van der Waals surface area contributed by atoms with E-state index in [2.05, 4.69) is 5.32 Å². The second-order valence-corrected chi connectivity index (χ2v) is 5.99. The van der Waals surface area contributed by atoms with Gasteiger partial charge in [-0.1, -0.05) is 42.5 Å². The Hall–Kier alpha value is -2.69. The number of carbonyl (C=O) groups excluding carboxylic acids is 3. The smallest absolute Gasteiger partial charge is 0.319 e. The summed E-state index contributed by atoms with van der Waals surface area (Å²) in [6.45, 7) is 3.27. The van der Waals surface area contributed by atoms with E-state index < -0.39 is 11.6 Å². The van der Waals surface area contributed by atoms with Crippen LogP contribution in [-0.2, 0) is 15.1 Å². The first-order valence-corrected chi connectivity index (χ1v) is 7.55. The van der Waals surface area contributed by atoms with Crippen LogP contribution in [0.2, 0.25) is 0 Å². The molecule has 1 heterocycles. The van der Waals surface area contributed by atoms with Crippen molar-refractivity contribution >= 4 is 28.5 Å². The van der Waals surface area contributed by atoms with E-state index in [1.54, 1.807) is 6.92 Å². The van der Waals surface area contributed by atoms with Crippen LogP contribution in [0.4, 0.5) is 4.79 Å². The van der Waals surface area contributed by atoms with E-state index in [1.165, 1.54) is 6.92 Å². The number of urea groups is 1. The van der Waals surface area contributed by atoms with Crippen LogP contribution in [0, 0.1) is 0 Å². The normalized spacial score (nSPS) is 20.9. The SMILES string of the molecule is CC(=O)CCN1C(=O)N[C@](C)(c2cccc3ccccc23)C1=O. The van der Waals surface area contributed by atoms with Gasteiger partial charge in [-0.15, -0.1) is 0 Å². The fourth-order valence-electron chi connectivity index (χ4n) is 3.01. The summed E-state index contributed by atoms with van der Waals surface area (Å²) in [6, 6.07) is 13.0. The van der Waals surface area contributed by atoms with Crippen molar-refractivity contribution in [3.05, 3.63) is 48.0 Å². The standard InChI is InChI=1S/C18H18N2O3/c1-12(21)10-11-20-16(22)18(2,19-17(20)23)15-9-5-7-13-6-3-4-8-14(13)15/h3-9H,10-11H2,1-2H3,(H,19,23)/t18-/m1/s1. The van der Waals surface area contributed by atoms with Gasteiger partial charge in [-0.2, -0.15) is 0 Å². The first kappa shape index (κ1) is 15.2. The molecule has 1 N–H and O–H groups in total. The number of fused-ring (bicyclic) bond motifs is 1. The van der Waals surface area contributed by atoms with Crippen LogP contribution in [0.1, 0.15) is 25.8 Å². The lowest BCUT2D eigenvalue weighted by Gasteiger charge is -2.24. The number of rotatable bonds is 4. The Bertz CT molecular complexity index is 810. The van der Waals surface area contributed by atoms with Crippen molar-refractivity contribution in [3.8, 4) is 0 Å². The number of nitrogens with one attached hydrogen (secondary N) is 1. The quantitative estimate of drug-likeness (QED) is 0.883. The lowest BCUT2D eigenvalue weighted by molar-refractivity contribution is -0.131. The van der Waals surface area contributed by atoms with Crippen LogP contribution in [0.5, 0.6) is 0 Å². The predicted molar refractivity (Wildman–Crippen MR) is 86.8 cm³/mol. The van der Waals surface area contributed by atoms with Gasteiger partial charge in [0.25, 0.3) is 5.91 Å². The zero-order valence-electron chi connectivity index (χ0n) is 13.1. The zero-order valence-corrected chi connectivity index (χ0v) is 13.1. The number of amides is 3. The second-order valence-electron chi connectivity index (χ2n) is 5.99. The van der Waals surface area contributed by atoms with Crippen LogP contribution in [0.15, 0.2) is 42.5 Å². The Morgan fingerprint density at radius 3 is 2.57 bits per heavy atom. The van der Waals surface area contributed by atoms with E-state index in [0.717, 1.165) is 21.2 Å². The van der Waals surface area contributed by atoms with Gasteiger partial charge in [0.1, 0.15) is 11.3 Å². The third-order valence-corrected chi connectivity index (χ3v) is 4.29. The maximum atomic E-state index is 12.8. The van der Waals surface area contributed by atoms with Crippen molar-refractivity contribution in [1.82, 2.24) is 10.2 Å². The highest BCUT2D eigenvalue weighted by Gasteiger charge is 2.49. The first-order valence-electron chi connectivity index (χ1n) is 7.55. The Kier molecular flexibility index (Phi) is 3.64. The average molecular weight is 310 g/mol. The van der Waals surface area contributed by atoms with Crippen molar-refractivity contribution in [2.45, 2.75) is 25.8 Å². The number of Topliss-reactive ketones (excluding diaryl/α,β-unsaturated/α-hetero) is 1. The van der Waals surface area contributed by atoms with E-state index in [-0.39, 0.29) is 24.7 Å². The molecule has 0 aromatic heterocycles. The lowest BCUT2D eigenvalue weighted by Crippen LogP contribution is -2.41. The lowest BCUT2D eigenvalue weighted by atomic mass is 9.88. The molecule has 0 unspecified atom stereocenters. The molecule has 1 aliphatic rings. The third kappa shape index (κ3) is 2.48.